The number of likely N-dealkylation sites (tertiary alicyclic amines) is 1. The van der Waals surface area contributed by atoms with Crippen LogP contribution in [0.2, 0.25) is 0 Å². The van der Waals surface area contributed by atoms with Crippen molar-refractivity contribution >= 4 is 11.7 Å². The van der Waals surface area contributed by atoms with Crippen LogP contribution in [-0.4, -0.2) is 29.2 Å². The monoisotopic (exact) mass is 343 g/mol. The minimum absolute atomic E-state index is 0.0531. The lowest BCUT2D eigenvalue weighted by atomic mass is 10.1. The van der Waals surface area contributed by atoms with E-state index in [4.69, 9.17) is 9.26 Å². The number of nitrogens with one attached hydrogen (secondary N) is 1. The van der Waals surface area contributed by atoms with Gasteiger partial charge in [0.25, 0.3) is 0 Å². The van der Waals surface area contributed by atoms with Gasteiger partial charge in [-0.1, -0.05) is 19.0 Å². The Morgan fingerprint density at radius 3 is 2.80 bits per heavy atom. The van der Waals surface area contributed by atoms with Crippen molar-refractivity contribution in [2.75, 3.05) is 18.5 Å². The number of carbonyl (C=O) groups is 1. The van der Waals surface area contributed by atoms with E-state index in [1.54, 1.807) is 0 Å². The predicted octanol–water partition coefficient (Wildman–Crippen LogP) is 4.57. The first-order valence-electron chi connectivity index (χ1n) is 8.85. The van der Waals surface area contributed by atoms with Crippen LogP contribution in [0.3, 0.4) is 0 Å². The molecule has 2 heterocycles. The van der Waals surface area contributed by atoms with Gasteiger partial charge in [-0.05, 0) is 49.9 Å². The normalized spacial score (nSPS) is 17.1. The smallest absolute Gasteiger partial charge is 0.322 e. The third-order valence-corrected chi connectivity index (χ3v) is 4.40. The molecular weight excluding hydrogens is 318 g/mol. The third-order valence-electron chi connectivity index (χ3n) is 4.40. The van der Waals surface area contributed by atoms with E-state index < -0.39 is 0 Å². The van der Waals surface area contributed by atoms with Crippen LogP contribution >= 0.6 is 0 Å². The Bertz CT molecular complexity index is 709. The summed E-state index contributed by atoms with van der Waals surface area (Å²) in [5, 5.41) is 7.07. The molecule has 0 saturated carbocycles. The van der Waals surface area contributed by atoms with Crippen molar-refractivity contribution in [2.24, 2.45) is 0 Å². The quantitative estimate of drug-likeness (QED) is 0.864. The lowest BCUT2D eigenvalue weighted by molar-refractivity contribution is 0.195. The summed E-state index contributed by atoms with van der Waals surface area (Å²) in [6.45, 7) is 7.43. The van der Waals surface area contributed by atoms with Crippen molar-refractivity contribution in [1.82, 2.24) is 10.1 Å². The molecule has 134 valence electrons. The lowest BCUT2D eigenvalue weighted by Crippen LogP contribution is -2.34. The van der Waals surface area contributed by atoms with Gasteiger partial charge in [-0.25, -0.2) is 4.79 Å². The summed E-state index contributed by atoms with van der Waals surface area (Å²) in [5.74, 6) is 1.87. The second kappa shape index (κ2) is 7.59. The van der Waals surface area contributed by atoms with Gasteiger partial charge in [-0.3, -0.25) is 0 Å². The average molecular weight is 343 g/mol. The zero-order chi connectivity index (χ0) is 17.8. The number of rotatable bonds is 5. The Balaban J connectivity index is 1.67. The first-order valence-corrected chi connectivity index (χ1v) is 8.85. The predicted molar refractivity (Wildman–Crippen MR) is 95.9 cm³/mol. The number of ether oxygens (including phenoxy) is 1. The van der Waals surface area contributed by atoms with Crippen LogP contribution in [0.1, 0.15) is 57.0 Å². The Labute approximate surface area is 148 Å². The van der Waals surface area contributed by atoms with Gasteiger partial charge in [0.1, 0.15) is 5.75 Å². The van der Waals surface area contributed by atoms with Gasteiger partial charge in [0.05, 0.1) is 18.3 Å². The number of hydrogen-bond donors (Lipinski definition) is 1. The maximum Gasteiger partial charge on any atom is 0.322 e. The number of nitrogens with zero attached hydrogens (tertiary/aromatic N) is 2. The third kappa shape index (κ3) is 3.95. The molecule has 1 N–H and O–H groups in total. The van der Waals surface area contributed by atoms with E-state index in [0.717, 1.165) is 35.7 Å². The Hall–Kier alpha value is -2.50. The number of hydrogen-bond acceptors (Lipinski definition) is 4. The maximum absolute atomic E-state index is 12.7. The summed E-state index contributed by atoms with van der Waals surface area (Å²) in [6, 6.07) is 9.20. The molecular formula is C19H25N3O3. The van der Waals surface area contributed by atoms with E-state index in [-0.39, 0.29) is 12.1 Å². The highest BCUT2D eigenvalue weighted by atomic mass is 16.5. The van der Waals surface area contributed by atoms with E-state index in [0.29, 0.717) is 19.1 Å². The minimum Gasteiger partial charge on any atom is -0.494 e. The first-order chi connectivity index (χ1) is 12.1. The molecule has 6 nitrogen and oxygen atoms in total. The standard InChI is InChI=1S/C19H25N3O3/c1-4-24-15-9-7-14(8-10-15)20-19(23)22-11-5-6-17(22)18-12-16(13(2)3)21-25-18/h7-10,12-13,17H,4-6,11H2,1-3H3,(H,20,23)/t17-/m0/s1. The number of carbonyl (C=O) groups excluding carboxylic acids is 1. The largest absolute Gasteiger partial charge is 0.494 e. The molecule has 1 aromatic carbocycles. The van der Waals surface area contributed by atoms with E-state index in [1.807, 2.05) is 42.2 Å². The van der Waals surface area contributed by atoms with E-state index in [1.165, 1.54) is 0 Å². The Morgan fingerprint density at radius 2 is 2.16 bits per heavy atom. The first kappa shape index (κ1) is 17.3. The van der Waals surface area contributed by atoms with Crippen molar-refractivity contribution in [3.05, 3.63) is 41.8 Å². The molecule has 0 bridgehead atoms. The van der Waals surface area contributed by atoms with Crippen LogP contribution < -0.4 is 10.1 Å². The van der Waals surface area contributed by atoms with Gasteiger partial charge in [0, 0.05) is 18.3 Å². The summed E-state index contributed by atoms with van der Waals surface area (Å²) in [7, 11) is 0. The molecule has 0 aliphatic carbocycles. The molecule has 25 heavy (non-hydrogen) atoms. The van der Waals surface area contributed by atoms with Crippen LogP contribution in [0, 0.1) is 0 Å². The highest BCUT2D eigenvalue weighted by molar-refractivity contribution is 5.89. The summed E-state index contributed by atoms with van der Waals surface area (Å²) < 4.78 is 10.9. The van der Waals surface area contributed by atoms with Gasteiger partial charge in [0.15, 0.2) is 5.76 Å². The Kier molecular flexibility index (Phi) is 5.26. The number of benzene rings is 1. The fraction of sp³-hybridized carbons (Fsp3) is 0.474. The molecule has 6 heteroatoms. The SMILES string of the molecule is CCOc1ccc(NC(=O)N2CCC[C@H]2c2cc(C(C)C)no2)cc1. The van der Waals surface area contributed by atoms with Crippen molar-refractivity contribution in [2.45, 2.75) is 45.6 Å². The van der Waals surface area contributed by atoms with Gasteiger partial charge < -0.3 is 19.5 Å². The number of anilines is 1. The summed E-state index contributed by atoms with van der Waals surface area (Å²) >= 11 is 0. The van der Waals surface area contributed by atoms with Crippen molar-refractivity contribution in [3.63, 3.8) is 0 Å². The molecule has 0 spiro atoms. The van der Waals surface area contributed by atoms with Gasteiger partial charge in [-0.2, -0.15) is 0 Å². The molecule has 3 rings (SSSR count). The van der Waals surface area contributed by atoms with Crippen LogP contribution in [-0.2, 0) is 0 Å². The molecule has 1 saturated heterocycles. The van der Waals surface area contributed by atoms with Crippen LogP contribution in [0.4, 0.5) is 10.5 Å². The number of urea groups is 1. The molecule has 2 amide bonds. The summed E-state index contributed by atoms with van der Waals surface area (Å²) in [4.78, 5) is 14.5. The molecule has 1 aromatic heterocycles. The van der Waals surface area contributed by atoms with Crippen LogP contribution in [0.5, 0.6) is 5.75 Å². The highest BCUT2D eigenvalue weighted by Gasteiger charge is 2.33. The van der Waals surface area contributed by atoms with Crippen LogP contribution in [0.15, 0.2) is 34.9 Å². The van der Waals surface area contributed by atoms with Crippen molar-refractivity contribution in [1.29, 1.82) is 0 Å². The average Bonchev–Trinajstić information content (AvgIpc) is 3.25. The van der Waals surface area contributed by atoms with Crippen molar-refractivity contribution in [3.8, 4) is 5.75 Å². The minimum atomic E-state index is -0.117. The zero-order valence-corrected chi connectivity index (χ0v) is 15.0. The second-order valence-electron chi connectivity index (χ2n) is 6.55. The van der Waals surface area contributed by atoms with Gasteiger partial charge in [-0.15, -0.1) is 0 Å². The number of aromatic nitrogens is 1. The molecule has 1 fully saturated rings. The fourth-order valence-electron chi connectivity index (χ4n) is 3.04. The lowest BCUT2D eigenvalue weighted by Gasteiger charge is -2.23. The second-order valence-corrected chi connectivity index (χ2v) is 6.55. The molecule has 0 unspecified atom stereocenters. The van der Waals surface area contributed by atoms with E-state index in [2.05, 4.69) is 24.3 Å². The summed E-state index contributed by atoms with van der Waals surface area (Å²) in [5.41, 5.74) is 1.67. The van der Waals surface area contributed by atoms with Gasteiger partial charge >= 0.3 is 6.03 Å². The molecule has 0 radical (unpaired) electrons. The molecule has 1 aliphatic rings. The molecule has 2 aromatic rings. The zero-order valence-electron chi connectivity index (χ0n) is 15.0. The van der Waals surface area contributed by atoms with Crippen molar-refractivity contribution < 1.29 is 14.1 Å². The van der Waals surface area contributed by atoms with Gasteiger partial charge in [0.2, 0.25) is 0 Å². The van der Waals surface area contributed by atoms with Crippen LogP contribution in [0.25, 0.3) is 0 Å². The van der Waals surface area contributed by atoms with E-state index >= 15 is 0 Å². The Morgan fingerprint density at radius 1 is 1.40 bits per heavy atom. The number of amides is 2. The maximum atomic E-state index is 12.7. The summed E-state index contributed by atoms with van der Waals surface area (Å²) in [6.07, 6.45) is 1.85. The highest BCUT2D eigenvalue weighted by Crippen LogP contribution is 2.33. The van der Waals surface area contributed by atoms with E-state index in [9.17, 15) is 4.79 Å². The topological polar surface area (TPSA) is 67.6 Å². The molecule has 1 atom stereocenters. The fourth-order valence-corrected chi connectivity index (χ4v) is 3.04. The molecule has 1 aliphatic heterocycles.